The van der Waals surface area contributed by atoms with Crippen LogP contribution in [0.25, 0.3) is 17.5 Å². The minimum atomic E-state index is -4.96. The number of rotatable bonds is 6. The molecule has 1 unspecified atom stereocenters. The van der Waals surface area contributed by atoms with Crippen LogP contribution in [-0.2, 0) is 0 Å². The molecule has 1 aliphatic heterocycles. The number of anilines is 1. The van der Waals surface area contributed by atoms with Crippen molar-refractivity contribution in [2.45, 2.75) is 18.4 Å². The Labute approximate surface area is 204 Å². The number of alkyl halides is 5. The standard InChI is InChI=1S/C22H19F5N6O4/c1-3-33-18(28-2)16(8-15(31-33)14-9-29-20(35)30-19(14)34)32-10-17(21(23,24)11-32)36-12-5-4-6-13(7-12)37-22(25,26)27/h3-9,17H,1,10-11H2,2H3,(H2,29,30,34,35). The summed E-state index contributed by atoms with van der Waals surface area (Å²) in [5.41, 5.74) is -1.22. The second-order valence-corrected chi connectivity index (χ2v) is 7.85. The van der Waals surface area contributed by atoms with Gasteiger partial charge in [0.2, 0.25) is 0 Å². The molecule has 1 aromatic carbocycles. The summed E-state index contributed by atoms with van der Waals surface area (Å²) in [7, 11) is 1.40. The van der Waals surface area contributed by atoms with E-state index in [9.17, 15) is 22.8 Å². The molecule has 0 spiro atoms. The summed E-state index contributed by atoms with van der Waals surface area (Å²) >= 11 is 0. The molecule has 1 aliphatic rings. The normalized spacial score (nSPS) is 17.6. The van der Waals surface area contributed by atoms with Crippen molar-refractivity contribution in [3.8, 4) is 22.8 Å². The second kappa shape index (κ2) is 9.55. The highest BCUT2D eigenvalue weighted by atomic mass is 19.4. The van der Waals surface area contributed by atoms with Gasteiger partial charge >= 0.3 is 18.0 Å². The lowest BCUT2D eigenvalue weighted by molar-refractivity contribution is -0.274. The Hall–Kier alpha value is -4.43. The number of H-pyrrole nitrogens is 2. The monoisotopic (exact) mass is 526 g/mol. The number of nitrogens with one attached hydrogen (secondary N) is 2. The van der Waals surface area contributed by atoms with Crippen LogP contribution < -0.4 is 31.1 Å². The van der Waals surface area contributed by atoms with Crippen molar-refractivity contribution < 1.29 is 31.4 Å². The Balaban J connectivity index is 1.69. The fourth-order valence-electron chi connectivity index (χ4n) is 3.78. The molecule has 2 N–H and O–H groups in total. The molecule has 0 radical (unpaired) electrons. The molecule has 15 heteroatoms. The Kier molecular flexibility index (Phi) is 6.62. The second-order valence-electron chi connectivity index (χ2n) is 7.85. The number of halogens is 5. The Morgan fingerprint density at radius 3 is 2.62 bits per heavy atom. The van der Waals surface area contributed by atoms with Crippen molar-refractivity contribution in [1.82, 2.24) is 19.7 Å². The predicted octanol–water partition coefficient (Wildman–Crippen LogP) is 2.36. The molecule has 3 heterocycles. The van der Waals surface area contributed by atoms with Gasteiger partial charge in [0, 0.05) is 25.5 Å². The lowest BCUT2D eigenvalue weighted by Crippen LogP contribution is -2.36. The molecule has 2 aromatic heterocycles. The molecule has 3 aromatic rings. The number of hydrogen-bond acceptors (Lipinski definition) is 7. The largest absolute Gasteiger partial charge is 0.573 e. The van der Waals surface area contributed by atoms with Gasteiger partial charge in [0.1, 0.15) is 17.2 Å². The topological polar surface area (TPSA) is 118 Å². The molecule has 196 valence electrons. The SMILES string of the molecule is C=Cn1nc(-c2c[nH]c(=O)[nH]c2=O)cc(N2CC(Oc3cccc(OC(F)(F)F)c3)C(F)(F)C2)c1=NC. The van der Waals surface area contributed by atoms with Gasteiger partial charge in [0.25, 0.3) is 5.56 Å². The van der Waals surface area contributed by atoms with Crippen molar-refractivity contribution in [2.75, 3.05) is 25.0 Å². The average molecular weight is 526 g/mol. The first kappa shape index (κ1) is 25.7. The lowest BCUT2D eigenvalue weighted by atomic mass is 10.2. The minimum absolute atomic E-state index is 0.0319. The minimum Gasteiger partial charge on any atom is -0.482 e. The first-order valence-corrected chi connectivity index (χ1v) is 10.6. The van der Waals surface area contributed by atoms with E-state index in [-0.39, 0.29) is 34.7 Å². The number of aromatic amines is 2. The maximum atomic E-state index is 15.0. The molecule has 0 saturated carbocycles. The zero-order valence-corrected chi connectivity index (χ0v) is 19.1. The fourth-order valence-corrected chi connectivity index (χ4v) is 3.78. The van der Waals surface area contributed by atoms with Crippen molar-refractivity contribution in [3.63, 3.8) is 0 Å². The third-order valence-electron chi connectivity index (χ3n) is 5.33. The molecule has 10 nitrogen and oxygen atoms in total. The molecule has 0 aliphatic carbocycles. The average Bonchev–Trinajstić information content (AvgIpc) is 3.11. The van der Waals surface area contributed by atoms with Gasteiger partial charge in [-0.25, -0.2) is 18.3 Å². The Bertz CT molecular complexity index is 1510. The van der Waals surface area contributed by atoms with Gasteiger partial charge in [-0.3, -0.25) is 14.8 Å². The van der Waals surface area contributed by atoms with E-state index < -0.39 is 41.9 Å². The van der Waals surface area contributed by atoms with E-state index in [0.29, 0.717) is 0 Å². The van der Waals surface area contributed by atoms with Gasteiger partial charge in [0.15, 0.2) is 11.6 Å². The molecule has 0 bridgehead atoms. The van der Waals surface area contributed by atoms with Gasteiger partial charge in [-0.05, 0) is 18.2 Å². The van der Waals surface area contributed by atoms with Gasteiger partial charge in [0.05, 0.1) is 24.3 Å². The summed E-state index contributed by atoms with van der Waals surface area (Å²) in [6, 6.07) is 5.63. The van der Waals surface area contributed by atoms with Gasteiger partial charge in [-0.15, -0.1) is 13.2 Å². The number of hydrogen-bond donors (Lipinski definition) is 2. The summed E-state index contributed by atoms with van der Waals surface area (Å²) in [6.45, 7) is 2.41. The van der Waals surface area contributed by atoms with Crippen LogP contribution in [0.5, 0.6) is 11.5 Å². The third kappa shape index (κ3) is 5.54. The van der Waals surface area contributed by atoms with E-state index in [0.717, 1.165) is 18.3 Å². The summed E-state index contributed by atoms with van der Waals surface area (Å²) in [4.78, 5) is 33.4. The van der Waals surface area contributed by atoms with E-state index in [2.05, 4.69) is 31.4 Å². The molecule has 37 heavy (non-hydrogen) atoms. The number of benzene rings is 1. The highest BCUT2D eigenvalue weighted by Crippen LogP contribution is 2.35. The smallest absolute Gasteiger partial charge is 0.482 e. The highest BCUT2D eigenvalue weighted by molar-refractivity contribution is 5.63. The van der Waals surface area contributed by atoms with Gasteiger partial charge in [-0.1, -0.05) is 12.6 Å². The first-order chi connectivity index (χ1) is 17.4. The van der Waals surface area contributed by atoms with Crippen LogP contribution in [-0.4, -0.2) is 58.3 Å². The lowest BCUT2D eigenvalue weighted by Gasteiger charge is -2.20. The van der Waals surface area contributed by atoms with Crippen LogP contribution in [0, 0.1) is 0 Å². The van der Waals surface area contributed by atoms with Crippen molar-refractivity contribution in [1.29, 1.82) is 0 Å². The van der Waals surface area contributed by atoms with Crippen molar-refractivity contribution >= 4 is 11.9 Å². The van der Waals surface area contributed by atoms with Gasteiger partial charge in [-0.2, -0.15) is 5.10 Å². The summed E-state index contributed by atoms with van der Waals surface area (Å²) in [5, 5.41) is 4.23. The van der Waals surface area contributed by atoms with Crippen LogP contribution in [0.4, 0.5) is 27.6 Å². The summed E-state index contributed by atoms with van der Waals surface area (Å²) in [6.07, 6.45) is -4.32. The van der Waals surface area contributed by atoms with E-state index in [1.54, 1.807) is 0 Å². The maximum absolute atomic E-state index is 15.0. The summed E-state index contributed by atoms with van der Waals surface area (Å²) < 4.78 is 77.9. The van der Waals surface area contributed by atoms with Crippen LogP contribution >= 0.6 is 0 Å². The number of ether oxygens (including phenoxy) is 2. The van der Waals surface area contributed by atoms with Crippen molar-refractivity contribution in [2.24, 2.45) is 4.99 Å². The van der Waals surface area contributed by atoms with E-state index in [1.807, 2.05) is 0 Å². The zero-order valence-electron chi connectivity index (χ0n) is 19.1. The summed E-state index contributed by atoms with van der Waals surface area (Å²) in [5.74, 6) is -4.29. The van der Waals surface area contributed by atoms with Gasteiger partial charge < -0.3 is 19.4 Å². The molecule has 4 rings (SSSR count). The molecule has 1 saturated heterocycles. The number of aromatic nitrogens is 4. The quantitative estimate of drug-likeness (QED) is 0.477. The first-order valence-electron chi connectivity index (χ1n) is 10.6. The van der Waals surface area contributed by atoms with Crippen LogP contribution in [0.1, 0.15) is 0 Å². The molecular formula is C22H19F5N6O4. The molecular weight excluding hydrogens is 507 g/mol. The molecule has 1 atom stereocenters. The van der Waals surface area contributed by atoms with Crippen LogP contribution in [0.15, 0.2) is 57.7 Å². The van der Waals surface area contributed by atoms with Crippen molar-refractivity contribution in [3.05, 3.63) is 69.4 Å². The Morgan fingerprint density at radius 1 is 1.24 bits per heavy atom. The van der Waals surface area contributed by atoms with Crippen LogP contribution in [0.3, 0.4) is 0 Å². The molecule has 0 amide bonds. The van der Waals surface area contributed by atoms with E-state index in [4.69, 9.17) is 4.74 Å². The maximum Gasteiger partial charge on any atom is 0.573 e. The highest BCUT2D eigenvalue weighted by Gasteiger charge is 2.50. The van der Waals surface area contributed by atoms with E-state index in [1.165, 1.54) is 41.0 Å². The molecule has 1 fully saturated rings. The van der Waals surface area contributed by atoms with Crippen LogP contribution in [0.2, 0.25) is 0 Å². The third-order valence-corrected chi connectivity index (χ3v) is 5.33. The number of nitrogens with zero attached hydrogens (tertiary/aromatic N) is 4. The predicted molar refractivity (Wildman–Crippen MR) is 121 cm³/mol. The Morgan fingerprint density at radius 2 is 1.97 bits per heavy atom. The van der Waals surface area contributed by atoms with E-state index >= 15 is 8.78 Å². The zero-order chi connectivity index (χ0) is 27.0. The fraction of sp³-hybridized carbons (Fsp3) is 0.273.